The minimum Gasteiger partial charge on any atom is -0.457 e. The highest BCUT2D eigenvalue weighted by atomic mass is 16.5. The maximum absolute atomic E-state index is 13.1. The molecule has 4 aromatic rings. The van der Waals surface area contributed by atoms with E-state index in [0.29, 0.717) is 17.2 Å². The lowest BCUT2D eigenvalue weighted by molar-refractivity contribution is -0.138. The van der Waals surface area contributed by atoms with Crippen molar-refractivity contribution < 1.29 is 28.7 Å². The first-order valence-electron chi connectivity index (χ1n) is 14.6. The van der Waals surface area contributed by atoms with Gasteiger partial charge in [0.1, 0.15) is 29.3 Å². The van der Waals surface area contributed by atoms with Crippen molar-refractivity contribution >= 4 is 29.7 Å². The molecule has 0 radical (unpaired) electrons. The van der Waals surface area contributed by atoms with Gasteiger partial charge in [0.15, 0.2) is 0 Å². The second kappa shape index (κ2) is 12.2. The molecule has 6 rings (SSSR count). The van der Waals surface area contributed by atoms with Crippen molar-refractivity contribution in [1.29, 1.82) is 0 Å². The zero-order valence-corrected chi connectivity index (χ0v) is 24.4. The van der Waals surface area contributed by atoms with Gasteiger partial charge in [-0.25, -0.2) is 0 Å². The van der Waals surface area contributed by atoms with Crippen molar-refractivity contribution in [3.63, 3.8) is 0 Å². The summed E-state index contributed by atoms with van der Waals surface area (Å²) in [4.78, 5) is 50.9. The van der Waals surface area contributed by atoms with E-state index in [4.69, 9.17) is 9.47 Å². The van der Waals surface area contributed by atoms with Crippen LogP contribution in [0.5, 0.6) is 23.0 Å². The molecule has 0 aromatic heterocycles. The summed E-state index contributed by atoms with van der Waals surface area (Å²) < 4.78 is 11.9. The summed E-state index contributed by atoms with van der Waals surface area (Å²) in [6.07, 6.45) is 1.12. The third kappa shape index (κ3) is 5.97. The summed E-state index contributed by atoms with van der Waals surface area (Å²) >= 11 is 0. The van der Waals surface area contributed by atoms with Crippen LogP contribution in [0.1, 0.15) is 18.4 Å². The highest BCUT2D eigenvalue weighted by Crippen LogP contribution is 2.43. The first-order valence-corrected chi connectivity index (χ1v) is 14.6. The summed E-state index contributed by atoms with van der Waals surface area (Å²) in [5.74, 6) is -0.445. The second-order valence-electron chi connectivity index (χ2n) is 11.4. The number of rotatable bonds is 8. The molecule has 4 atom stereocenters. The molecule has 8 heteroatoms. The van der Waals surface area contributed by atoms with Crippen molar-refractivity contribution in [3.8, 4) is 34.1 Å². The fraction of sp³-hybridized carbons (Fsp3) is 0.222. The van der Waals surface area contributed by atoms with Crippen LogP contribution in [0, 0.1) is 30.6 Å². The van der Waals surface area contributed by atoms with Crippen LogP contribution in [0.4, 0.5) is 5.69 Å². The summed E-state index contributed by atoms with van der Waals surface area (Å²) in [7, 11) is 1.45. The summed E-state index contributed by atoms with van der Waals surface area (Å²) in [6, 6.07) is 30.5. The average Bonchev–Trinajstić information content (AvgIpc) is 3.26. The molecule has 0 spiro atoms. The molecular formula is C36H32N2O6. The zero-order chi connectivity index (χ0) is 30.8. The number of ether oxygens (including phenoxy) is 2. The lowest BCUT2D eigenvalue weighted by Gasteiger charge is -2.32. The molecule has 4 unspecified atom stereocenters. The van der Waals surface area contributed by atoms with Crippen molar-refractivity contribution in [2.75, 3.05) is 12.4 Å². The summed E-state index contributed by atoms with van der Waals surface area (Å²) in [5, 5.41) is 2.86. The summed E-state index contributed by atoms with van der Waals surface area (Å²) in [5.41, 5.74) is 3.82. The van der Waals surface area contributed by atoms with E-state index < -0.39 is 23.7 Å². The van der Waals surface area contributed by atoms with Crippen LogP contribution in [-0.2, 0) is 19.2 Å². The highest BCUT2D eigenvalue weighted by Gasteiger charge is 2.52. The molecule has 1 aliphatic carbocycles. The number of nitrogens with one attached hydrogen (secondary N) is 1. The van der Waals surface area contributed by atoms with Crippen LogP contribution in [0.15, 0.2) is 97.1 Å². The van der Waals surface area contributed by atoms with E-state index in [1.165, 1.54) is 12.6 Å². The normalized spacial score (nSPS) is 21.0. The zero-order valence-electron chi connectivity index (χ0n) is 24.4. The standard InChI is InChI=1S/C36H32N2O6/c1-22-3-11-27(12-4-22)43-28-13-5-23(6-14-28)24-7-15-29(16-8-24)44-30-17-9-26(10-18-30)37-34(40)31-20-33-32(19-25(31)21-39)35(41)38(2)36(33)42/h3-18,21,25,31-33H,19-20H2,1-2H3,(H,37,40). The molecule has 2 fully saturated rings. The molecule has 1 saturated carbocycles. The number of imide groups is 1. The quantitative estimate of drug-likeness (QED) is 0.183. The lowest BCUT2D eigenvalue weighted by Crippen LogP contribution is -2.40. The fourth-order valence-electron chi connectivity index (χ4n) is 5.99. The van der Waals surface area contributed by atoms with Crippen LogP contribution in [0.3, 0.4) is 0 Å². The van der Waals surface area contributed by atoms with E-state index in [0.717, 1.165) is 33.8 Å². The Hall–Kier alpha value is -5.24. The smallest absolute Gasteiger partial charge is 0.232 e. The predicted molar refractivity (Wildman–Crippen MR) is 165 cm³/mol. The molecule has 44 heavy (non-hydrogen) atoms. The third-order valence-electron chi connectivity index (χ3n) is 8.50. The minimum atomic E-state index is -0.677. The topological polar surface area (TPSA) is 102 Å². The van der Waals surface area contributed by atoms with Gasteiger partial charge in [-0.3, -0.25) is 19.3 Å². The molecule has 1 N–H and O–H groups in total. The van der Waals surface area contributed by atoms with Crippen LogP contribution >= 0.6 is 0 Å². The number of aryl methyl sites for hydroxylation is 1. The van der Waals surface area contributed by atoms with E-state index in [2.05, 4.69) is 5.32 Å². The van der Waals surface area contributed by atoms with E-state index >= 15 is 0 Å². The minimum absolute atomic E-state index is 0.178. The molecule has 8 nitrogen and oxygen atoms in total. The molecule has 1 saturated heterocycles. The number of anilines is 1. The van der Waals surface area contributed by atoms with Crippen molar-refractivity contribution in [2.45, 2.75) is 19.8 Å². The molecule has 1 heterocycles. The lowest BCUT2D eigenvalue weighted by atomic mass is 9.69. The van der Waals surface area contributed by atoms with Gasteiger partial charge in [0.05, 0.1) is 11.8 Å². The number of carbonyl (C=O) groups excluding carboxylic acids is 4. The number of hydrogen-bond acceptors (Lipinski definition) is 6. The Balaban J connectivity index is 1.04. The maximum atomic E-state index is 13.1. The van der Waals surface area contributed by atoms with Gasteiger partial charge in [-0.05, 0) is 91.6 Å². The van der Waals surface area contributed by atoms with E-state index in [1.807, 2.05) is 79.7 Å². The number of fused-ring (bicyclic) bond motifs is 1. The number of carbonyl (C=O) groups is 4. The Labute approximate surface area is 255 Å². The van der Waals surface area contributed by atoms with Crippen LogP contribution in [-0.4, -0.2) is 36.0 Å². The number of amides is 3. The predicted octanol–water partition coefficient (Wildman–Crippen LogP) is 6.64. The average molecular weight is 589 g/mol. The number of nitrogens with zero attached hydrogens (tertiary/aromatic N) is 1. The third-order valence-corrected chi connectivity index (χ3v) is 8.50. The number of aldehydes is 1. The van der Waals surface area contributed by atoms with Crippen LogP contribution in [0.2, 0.25) is 0 Å². The van der Waals surface area contributed by atoms with Gasteiger partial charge in [-0.15, -0.1) is 0 Å². The Morgan fingerprint density at radius 3 is 1.61 bits per heavy atom. The Morgan fingerprint density at radius 1 is 0.705 bits per heavy atom. The van der Waals surface area contributed by atoms with Gasteiger partial charge in [0.2, 0.25) is 17.7 Å². The Morgan fingerprint density at radius 2 is 1.14 bits per heavy atom. The largest absolute Gasteiger partial charge is 0.457 e. The van der Waals surface area contributed by atoms with Gasteiger partial charge in [0.25, 0.3) is 0 Å². The van der Waals surface area contributed by atoms with E-state index in [9.17, 15) is 19.2 Å². The molecule has 1 aliphatic heterocycles. The maximum Gasteiger partial charge on any atom is 0.232 e. The first kappa shape index (κ1) is 28.9. The number of hydrogen-bond donors (Lipinski definition) is 1. The fourth-order valence-corrected chi connectivity index (χ4v) is 5.99. The van der Waals surface area contributed by atoms with E-state index in [-0.39, 0.29) is 30.6 Å². The highest BCUT2D eigenvalue weighted by molar-refractivity contribution is 6.06. The van der Waals surface area contributed by atoms with Gasteiger partial charge in [0, 0.05) is 24.6 Å². The number of benzene rings is 4. The Kier molecular flexibility index (Phi) is 7.98. The van der Waals surface area contributed by atoms with Crippen molar-refractivity contribution in [1.82, 2.24) is 4.90 Å². The molecule has 3 amide bonds. The monoisotopic (exact) mass is 588 g/mol. The van der Waals surface area contributed by atoms with Gasteiger partial charge < -0.3 is 19.6 Å². The van der Waals surface area contributed by atoms with Crippen LogP contribution in [0.25, 0.3) is 11.1 Å². The first-order chi connectivity index (χ1) is 21.3. The molecular weight excluding hydrogens is 556 g/mol. The SMILES string of the molecule is Cc1ccc(Oc2ccc(-c3ccc(Oc4ccc(NC(=O)C5CC6C(=O)N(C)C(=O)C6CC5C=O)cc4)cc3)cc2)cc1. The summed E-state index contributed by atoms with van der Waals surface area (Å²) in [6.45, 7) is 2.04. The van der Waals surface area contributed by atoms with E-state index in [1.54, 1.807) is 24.3 Å². The van der Waals surface area contributed by atoms with Crippen LogP contribution < -0.4 is 14.8 Å². The van der Waals surface area contributed by atoms with Gasteiger partial charge in [-0.2, -0.15) is 0 Å². The number of likely N-dealkylation sites (tertiary alicyclic amines) is 1. The molecule has 222 valence electrons. The second-order valence-corrected chi connectivity index (χ2v) is 11.4. The molecule has 2 aliphatic rings. The Bertz CT molecular complexity index is 1680. The van der Waals surface area contributed by atoms with Gasteiger partial charge >= 0.3 is 0 Å². The van der Waals surface area contributed by atoms with Gasteiger partial charge in [-0.1, -0.05) is 42.0 Å². The molecule has 4 aromatic carbocycles. The molecule has 0 bridgehead atoms. The van der Waals surface area contributed by atoms with Crippen molar-refractivity contribution in [3.05, 3.63) is 103 Å². The van der Waals surface area contributed by atoms with Crippen molar-refractivity contribution in [2.24, 2.45) is 23.7 Å².